The third-order valence-corrected chi connectivity index (χ3v) is 8.42. The third-order valence-electron chi connectivity index (χ3n) is 8.42. The summed E-state index contributed by atoms with van der Waals surface area (Å²) in [7, 11) is 2.22. The molecule has 6 heteroatoms. The Labute approximate surface area is 224 Å². The molecule has 2 aliphatic heterocycles. The van der Waals surface area contributed by atoms with Gasteiger partial charge in [-0.1, -0.05) is 43.3 Å². The monoisotopic (exact) mass is 511 g/mol. The molecular weight excluding hydrogens is 462 g/mol. The Morgan fingerprint density at radius 2 is 1.81 bits per heavy atom. The van der Waals surface area contributed by atoms with Crippen molar-refractivity contribution in [3.05, 3.63) is 53.6 Å². The number of nitrogens with zero attached hydrogens (tertiary/aromatic N) is 2. The van der Waals surface area contributed by atoms with Gasteiger partial charge in [0.05, 0.1) is 19.3 Å². The molecule has 1 aliphatic carbocycles. The van der Waals surface area contributed by atoms with Gasteiger partial charge in [-0.3, -0.25) is 0 Å². The molecule has 2 unspecified atom stereocenters. The van der Waals surface area contributed by atoms with Gasteiger partial charge in [0.15, 0.2) is 5.79 Å². The lowest BCUT2D eigenvalue weighted by Gasteiger charge is -2.40. The molecule has 0 spiro atoms. The van der Waals surface area contributed by atoms with Crippen LogP contribution in [-0.4, -0.2) is 92.9 Å². The standard InChI is InChI=1S/C31H49N3O3/c1-25-9-4-5-10-29(25)30-11-6-15-31(26(30)2,37-22-8-17-34-20-14-28(35)24-34)36-21-7-16-32-23-27-12-18-33(3)19-13-27/h4-6,9-11,15,26-28,32,35H,7-8,12-14,16-24H2,1-3H3/t26?,28-,31?/m1/s1. The fourth-order valence-electron chi connectivity index (χ4n) is 5.94. The van der Waals surface area contributed by atoms with Crippen molar-refractivity contribution in [1.82, 2.24) is 15.1 Å². The molecular formula is C31H49N3O3. The molecule has 1 aromatic carbocycles. The predicted octanol–water partition coefficient (Wildman–Crippen LogP) is 4.09. The van der Waals surface area contributed by atoms with E-state index in [1.807, 2.05) is 0 Å². The molecule has 6 nitrogen and oxygen atoms in total. The van der Waals surface area contributed by atoms with Crippen LogP contribution >= 0.6 is 0 Å². The van der Waals surface area contributed by atoms with Gasteiger partial charge in [0.25, 0.3) is 0 Å². The second-order valence-electron chi connectivity index (χ2n) is 11.3. The molecule has 0 aromatic heterocycles. The number of aliphatic hydroxyl groups excluding tert-OH is 1. The summed E-state index contributed by atoms with van der Waals surface area (Å²) in [5.41, 5.74) is 3.81. The molecule has 37 heavy (non-hydrogen) atoms. The number of nitrogens with one attached hydrogen (secondary N) is 1. The van der Waals surface area contributed by atoms with Gasteiger partial charge >= 0.3 is 0 Å². The lowest BCUT2D eigenvalue weighted by molar-refractivity contribution is -0.223. The number of ether oxygens (including phenoxy) is 2. The minimum atomic E-state index is -0.759. The molecule has 206 valence electrons. The maximum Gasteiger partial charge on any atom is 0.194 e. The first kappa shape index (κ1) is 28.5. The zero-order valence-electron chi connectivity index (χ0n) is 23.3. The number of likely N-dealkylation sites (tertiary alicyclic amines) is 2. The zero-order chi connectivity index (χ0) is 26.1. The van der Waals surface area contributed by atoms with Crippen LogP contribution in [-0.2, 0) is 9.47 Å². The SMILES string of the molecule is Cc1ccccc1C1=CC=CC(OCCCNCC2CCN(C)CC2)(OCCCN2CC[C@@H](O)C2)C1C. The summed E-state index contributed by atoms with van der Waals surface area (Å²) in [5.74, 6) is 0.121. The maximum atomic E-state index is 9.82. The Kier molecular flexibility index (Phi) is 10.8. The highest BCUT2D eigenvalue weighted by Crippen LogP contribution is 2.40. The van der Waals surface area contributed by atoms with E-state index in [0.717, 1.165) is 57.9 Å². The molecule has 2 saturated heterocycles. The Morgan fingerprint density at radius 3 is 2.54 bits per heavy atom. The molecule has 3 aliphatic rings. The fraction of sp³-hybridized carbons (Fsp3) is 0.677. The normalized spacial score (nSPS) is 27.6. The summed E-state index contributed by atoms with van der Waals surface area (Å²) >= 11 is 0. The topological polar surface area (TPSA) is 57.2 Å². The molecule has 2 heterocycles. The van der Waals surface area contributed by atoms with E-state index in [0.29, 0.717) is 13.2 Å². The number of piperidine rings is 1. The van der Waals surface area contributed by atoms with Crippen molar-refractivity contribution in [3.63, 3.8) is 0 Å². The summed E-state index contributed by atoms with van der Waals surface area (Å²) in [6.45, 7) is 12.9. The molecule has 3 atom stereocenters. The Bertz CT molecular complexity index is 895. The molecule has 0 radical (unpaired) electrons. The summed E-state index contributed by atoms with van der Waals surface area (Å²) in [5, 5.41) is 13.5. The highest BCUT2D eigenvalue weighted by molar-refractivity contribution is 5.73. The Hall–Kier alpha value is -1.54. The van der Waals surface area contributed by atoms with E-state index in [1.54, 1.807) is 0 Å². The minimum absolute atomic E-state index is 0.0828. The predicted molar refractivity (Wildman–Crippen MR) is 151 cm³/mol. The average Bonchev–Trinajstić information content (AvgIpc) is 3.32. The van der Waals surface area contributed by atoms with Crippen LogP contribution in [0.15, 0.2) is 42.5 Å². The van der Waals surface area contributed by atoms with Gasteiger partial charge in [0.2, 0.25) is 0 Å². The zero-order valence-corrected chi connectivity index (χ0v) is 23.3. The first-order chi connectivity index (χ1) is 18.0. The van der Waals surface area contributed by atoms with E-state index in [1.165, 1.54) is 42.6 Å². The number of β-amino-alcohol motifs (C(OH)–C–C–N with tert-alkyl or cyclic N) is 1. The molecule has 0 saturated carbocycles. The molecule has 0 bridgehead atoms. The van der Waals surface area contributed by atoms with E-state index in [-0.39, 0.29) is 12.0 Å². The van der Waals surface area contributed by atoms with Crippen molar-refractivity contribution >= 4 is 5.57 Å². The number of hydrogen-bond acceptors (Lipinski definition) is 6. The first-order valence-corrected chi connectivity index (χ1v) is 14.5. The van der Waals surface area contributed by atoms with Crippen LogP contribution in [0.4, 0.5) is 0 Å². The van der Waals surface area contributed by atoms with Crippen molar-refractivity contribution in [2.45, 2.75) is 57.8 Å². The third kappa shape index (κ3) is 7.98. The van der Waals surface area contributed by atoms with E-state index in [2.05, 4.69) is 78.5 Å². The van der Waals surface area contributed by atoms with Crippen LogP contribution in [0.1, 0.15) is 50.2 Å². The number of allylic oxidation sites excluding steroid dienone is 2. The number of aliphatic hydroxyl groups is 1. The van der Waals surface area contributed by atoms with Crippen LogP contribution in [0.5, 0.6) is 0 Å². The highest BCUT2D eigenvalue weighted by atomic mass is 16.7. The van der Waals surface area contributed by atoms with Crippen LogP contribution in [0.3, 0.4) is 0 Å². The Balaban J connectivity index is 1.31. The maximum absolute atomic E-state index is 9.82. The molecule has 2 fully saturated rings. The summed E-state index contributed by atoms with van der Waals surface area (Å²) in [6, 6.07) is 8.58. The average molecular weight is 512 g/mol. The van der Waals surface area contributed by atoms with Gasteiger partial charge in [-0.15, -0.1) is 0 Å². The van der Waals surface area contributed by atoms with Gasteiger partial charge in [-0.2, -0.15) is 0 Å². The Morgan fingerprint density at radius 1 is 1.05 bits per heavy atom. The van der Waals surface area contributed by atoms with Crippen molar-refractivity contribution in [1.29, 1.82) is 0 Å². The molecule has 4 rings (SSSR count). The van der Waals surface area contributed by atoms with Gasteiger partial charge < -0.3 is 29.7 Å². The van der Waals surface area contributed by atoms with Crippen molar-refractivity contribution in [2.75, 3.05) is 66.1 Å². The van der Waals surface area contributed by atoms with E-state index in [9.17, 15) is 5.11 Å². The number of benzene rings is 1. The van der Waals surface area contributed by atoms with Crippen LogP contribution < -0.4 is 5.32 Å². The lowest BCUT2D eigenvalue weighted by atomic mass is 9.82. The summed E-state index contributed by atoms with van der Waals surface area (Å²) in [6.07, 6.45) is 11.6. The lowest BCUT2D eigenvalue weighted by Crippen LogP contribution is -2.43. The van der Waals surface area contributed by atoms with Crippen LogP contribution in [0, 0.1) is 18.8 Å². The summed E-state index contributed by atoms with van der Waals surface area (Å²) in [4.78, 5) is 4.76. The number of hydrogen-bond donors (Lipinski definition) is 2. The summed E-state index contributed by atoms with van der Waals surface area (Å²) < 4.78 is 13.2. The van der Waals surface area contributed by atoms with Crippen molar-refractivity contribution in [2.24, 2.45) is 11.8 Å². The van der Waals surface area contributed by atoms with E-state index < -0.39 is 5.79 Å². The molecule has 1 aromatic rings. The van der Waals surface area contributed by atoms with Crippen molar-refractivity contribution < 1.29 is 14.6 Å². The smallest absolute Gasteiger partial charge is 0.194 e. The van der Waals surface area contributed by atoms with E-state index in [4.69, 9.17) is 9.47 Å². The van der Waals surface area contributed by atoms with Crippen LogP contribution in [0.2, 0.25) is 0 Å². The van der Waals surface area contributed by atoms with Gasteiger partial charge in [-0.05, 0) is 101 Å². The van der Waals surface area contributed by atoms with Crippen LogP contribution in [0.25, 0.3) is 5.57 Å². The quantitative estimate of drug-likeness (QED) is 0.307. The van der Waals surface area contributed by atoms with Gasteiger partial charge in [0, 0.05) is 25.6 Å². The van der Waals surface area contributed by atoms with Gasteiger partial charge in [0.1, 0.15) is 0 Å². The minimum Gasteiger partial charge on any atom is -0.392 e. The molecule has 0 amide bonds. The largest absolute Gasteiger partial charge is 0.392 e. The molecule has 2 N–H and O–H groups in total. The highest BCUT2D eigenvalue weighted by Gasteiger charge is 2.40. The number of aryl methyl sites for hydroxylation is 1. The number of rotatable bonds is 13. The second-order valence-corrected chi connectivity index (χ2v) is 11.3. The van der Waals surface area contributed by atoms with E-state index >= 15 is 0 Å². The first-order valence-electron chi connectivity index (χ1n) is 14.5. The fourth-order valence-corrected chi connectivity index (χ4v) is 5.94. The van der Waals surface area contributed by atoms with Gasteiger partial charge in [-0.25, -0.2) is 0 Å². The van der Waals surface area contributed by atoms with Crippen molar-refractivity contribution in [3.8, 4) is 0 Å². The second kappa shape index (κ2) is 14.0.